The van der Waals surface area contributed by atoms with E-state index < -0.39 is 10.8 Å². The third kappa shape index (κ3) is 4.74. The maximum absolute atomic E-state index is 13.3. The number of nitrogens with one attached hydrogen (secondary N) is 2. The molecule has 3 N–H and O–H groups in total. The van der Waals surface area contributed by atoms with Gasteiger partial charge in [-0.25, -0.2) is 4.98 Å². The molecule has 2 aromatic heterocycles. The van der Waals surface area contributed by atoms with Crippen LogP contribution >= 0.6 is 0 Å². The molecule has 1 aromatic carbocycles. The largest absolute Gasteiger partial charge is 0.502 e. The third-order valence-corrected chi connectivity index (χ3v) is 6.22. The Bertz CT molecular complexity index is 1100. The summed E-state index contributed by atoms with van der Waals surface area (Å²) < 4.78 is 5.85. The second kappa shape index (κ2) is 9.38. The van der Waals surface area contributed by atoms with E-state index in [-0.39, 0.29) is 29.9 Å². The van der Waals surface area contributed by atoms with Crippen molar-refractivity contribution in [1.29, 1.82) is 0 Å². The number of hydrogen-bond acceptors (Lipinski definition) is 6. The number of H-pyrrole nitrogens is 1. The van der Waals surface area contributed by atoms with Gasteiger partial charge in [0.05, 0.1) is 6.04 Å². The lowest BCUT2D eigenvalue weighted by molar-refractivity contribution is -0.123. The molecule has 1 fully saturated rings. The molecule has 1 aliphatic carbocycles. The molecule has 2 heterocycles. The maximum atomic E-state index is 13.3. The van der Waals surface area contributed by atoms with Crippen LogP contribution in [-0.2, 0) is 16.6 Å². The van der Waals surface area contributed by atoms with Gasteiger partial charge in [-0.2, -0.15) is 5.10 Å². The fraction of sp³-hybridized carbons (Fsp3) is 0.417. The van der Waals surface area contributed by atoms with Crippen molar-refractivity contribution in [3.8, 4) is 5.75 Å². The van der Waals surface area contributed by atoms with Gasteiger partial charge >= 0.3 is 0 Å². The molecular formula is C24H28N4O4. The summed E-state index contributed by atoms with van der Waals surface area (Å²) in [5.74, 6) is 0.660. The molecule has 1 aliphatic rings. The average molecular weight is 437 g/mol. The molecule has 8 heteroatoms. The predicted molar refractivity (Wildman–Crippen MR) is 118 cm³/mol. The fourth-order valence-corrected chi connectivity index (χ4v) is 4.68. The minimum Gasteiger partial charge on any atom is -0.502 e. The van der Waals surface area contributed by atoms with Gasteiger partial charge in [-0.05, 0) is 31.7 Å². The maximum Gasteiger partial charge on any atom is 0.227 e. The van der Waals surface area contributed by atoms with Gasteiger partial charge in [0.2, 0.25) is 17.1 Å². The monoisotopic (exact) mass is 436 g/mol. The van der Waals surface area contributed by atoms with Crippen LogP contribution in [0, 0.1) is 6.92 Å². The SMILES string of the molecule is Cc1cc(=O)c(O)c(C2(CC(=O)NC(Cc3ccccc3)c3ncn[nH]3)CCCCC2)o1. The predicted octanol–water partition coefficient (Wildman–Crippen LogP) is 3.46. The van der Waals surface area contributed by atoms with E-state index in [4.69, 9.17) is 4.42 Å². The van der Waals surface area contributed by atoms with Gasteiger partial charge in [0, 0.05) is 17.9 Å². The molecule has 1 unspecified atom stereocenters. The molecule has 168 valence electrons. The fourth-order valence-electron chi connectivity index (χ4n) is 4.68. The van der Waals surface area contributed by atoms with Crippen LogP contribution in [0.1, 0.15) is 67.5 Å². The first-order chi connectivity index (χ1) is 15.5. The molecule has 4 rings (SSSR count). The highest BCUT2D eigenvalue weighted by Crippen LogP contribution is 2.45. The van der Waals surface area contributed by atoms with Crippen LogP contribution in [0.15, 0.2) is 51.9 Å². The number of aromatic amines is 1. The summed E-state index contributed by atoms with van der Waals surface area (Å²) >= 11 is 0. The Morgan fingerprint density at radius 2 is 2.00 bits per heavy atom. The summed E-state index contributed by atoms with van der Waals surface area (Å²) in [5, 5.41) is 20.4. The van der Waals surface area contributed by atoms with Crippen LogP contribution in [0.4, 0.5) is 0 Å². The zero-order valence-electron chi connectivity index (χ0n) is 18.1. The van der Waals surface area contributed by atoms with Gasteiger partial charge in [-0.15, -0.1) is 0 Å². The molecule has 0 radical (unpaired) electrons. The van der Waals surface area contributed by atoms with Gasteiger partial charge in [0.15, 0.2) is 5.76 Å². The molecule has 8 nitrogen and oxygen atoms in total. The summed E-state index contributed by atoms with van der Waals surface area (Å²) in [4.78, 5) is 29.8. The summed E-state index contributed by atoms with van der Waals surface area (Å²) in [6.45, 7) is 1.68. The Labute approximate surface area is 186 Å². The Morgan fingerprint density at radius 1 is 1.25 bits per heavy atom. The van der Waals surface area contributed by atoms with Gasteiger partial charge < -0.3 is 14.8 Å². The molecular weight excluding hydrogens is 408 g/mol. The Balaban J connectivity index is 1.60. The highest BCUT2D eigenvalue weighted by molar-refractivity contribution is 5.78. The molecule has 0 spiro atoms. The van der Waals surface area contributed by atoms with Crippen LogP contribution in [-0.4, -0.2) is 26.2 Å². The van der Waals surface area contributed by atoms with E-state index in [2.05, 4.69) is 20.5 Å². The first-order valence-electron chi connectivity index (χ1n) is 11.0. The summed E-state index contributed by atoms with van der Waals surface area (Å²) in [6.07, 6.45) is 6.29. The highest BCUT2D eigenvalue weighted by atomic mass is 16.4. The molecule has 1 saturated carbocycles. The number of nitrogens with zero attached hydrogens (tertiary/aromatic N) is 2. The van der Waals surface area contributed by atoms with E-state index in [0.29, 0.717) is 30.8 Å². The van der Waals surface area contributed by atoms with Gasteiger partial charge in [0.25, 0.3) is 0 Å². The van der Waals surface area contributed by atoms with E-state index >= 15 is 0 Å². The lowest BCUT2D eigenvalue weighted by atomic mass is 9.69. The van der Waals surface area contributed by atoms with E-state index in [9.17, 15) is 14.7 Å². The first kappa shape index (κ1) is 21.8. The van der Waals surface area contributed by atoms with Gasteiger partial charge in [0.1, 0.15) is 17.9 Å². The number of aryl methyl sites for hydroxylation is 1. The van der Waals surface area contributed by atoms with Crippen molar-refractivity contribution in [2.45, 2.75) is 63.3 Å². The number of rotatable bonds is 7. The second-order valence-electron chi connectivity index (χ2n) is 8.60. The Morgan fingerprint density at radius 3 is 2.69 bits per heavy atom. The van der Waals surface area contributed by atoms with Crippen molar-refractivity contribution in [3.05, 3.63) is 75.9 Å². The van der Waals surface area contributed by atoms with Crippen LogP contribution in [0.5, 0.6) is 5.75 Å². The highest BCUT2D eigenvalue weighted by Gasteiger charge is 2.41. The molecule has 1 amide bonds. The van der Waals surface area contributed by atoms with E-state index in [1.54, 1.807) is 6.92 Å². The van der Waals surface area contributed by atoms with Crippen molar-refractivity contribution in [1.82, 2.24) is 20.5 Å². The normalized spacial score (nSPS) is 16.4. The first-order valence-corrected chi connectivity index (χ1v) is 11.0. The minimum atomic E-state index is -0.712. The van der Waals surface area contributed by atoms with Crippen LogP contribution < -0.4 is 10.7 Å². The standard InChI is InChI=1S/C24H28N4O4/c1-16-12-19(29)21(31)22(32-16)24(10-6-3-7-11-24)14-20(30)27-18(23-25-15-26-28-23)13-17-8-4-2-5-9-17/h2,4-5,8-9,12,15,18,31H,3,6-7,10-11,13-14H2,1H3,(H,27,30)(H,25,26,28). The number of hydrogen-bond donors (Lipinski definition) is 3. The zero-order chi connectivity index (χ0) is 22.6. The summed E-state index contributed by atoms with van der Waals surface area (Å²) in [6, 6.07) is 10.7. The van der Waals surface area contributed by atoms with Crippen molar-refractivity contribution in [2.24, 2.45) is 0 Å². The third-order valence-electron chi connectivity index (χ3n) is 6.22. The molecule has 1 atom stereocenters. The number of benzene rings is 1. The number of aromatic nitrogens is 3. The number of carbonyl (C=O) groups is 1. The molecule has 32 heavy (non-hydrogen) atoms. The van der Waals surface area contributed by atoms with Crippen molar-refractivity contribution < 1.29 is 14.3 Å². The van der Waals surface area contributed by atoms with Crippen LogP contribution in [0.3, 0.4) is 0 Å². The van der Waals surface area contributed by atoms with Crippen LogP contribution in [0.25, 0.3) is 0 Å². The molecule has 0 saturated heterocycles. The van der Waals surface area contributed by atoms with Crippen molar-refractivity contribution in [3.63, 3.8) is 0 Å². The minimum absolute atomic E-state index is 0.117. The van der Waals surface area contributed by atoms with E-state index in [0.717, 1.165) is 24.8 Å². The Kier molecular flexibility index (Phi) is 6.39. The van der Waals surface area contributed by atoms with Crippen molar-refractivity contribution in [2.75, 3.05) is 0 Å². The van der Waals surface area contributed by atoms with Gasteiger partial charge in [-0.1, -0.05) is 49.6 Å². The van der Waals surface area contributed by atoms with E-state index in [1.165, 1.54) is 12.4 Å². The molecule has 0 aliphatic heterocycles. The molecule has 0 bridgehead atoms. The Hall–Kier alpha value is -3.42. The van der Waals surface area contributed by atoms with E-state index in [1.807, 2.05) is 30.3 Å². The smallest absolute Gasteiger partial charge is 0.227 e. The second-order valence-corrected chi connectivity index (χ2v) is 8.60. The lowest BCUT2D eigenvalue weighted by Crippen LogP contribution is -2.39. The van der Waals surface area contributed by atoms with Gasteiger partial charge in [-0.3, -0.25) is 14.7 Å². The summed E-state index contributed by atoms with van der Waals surface area (Å²) in [5.41, 5.74) is -0.127. The topological polar surface area (TPSA) is 121 Å². The van der Waals surface area contributed by atoms with Crippen molar-refractivity contribution >= 4 is 5.91 Å². The number of aromatic hydroxyl groups is 1. The van der Waals surface area contributed by atoms with Crippen LogP contribution in [0.2, 0.25) is 0 Å². The summed E-state index contributed by atoms with van der Waals surface area (Å²) in [7, 11) is 0. The average Bonchev–Trinajstić information content (AvgIpc) is 3.32. The molecule has 3 aromatic rings. The number of carbonyl (C=O) groups excluding carboxylic acids is 1. The zero-order valence-corrected chi connectivity index (χ0v) is 18.1. The lowest BCUT2D eigenvalue weighted by Gasteiger charge is -2.36. The quantitative estimate of drug-likeness (QED) is 0.521. The number of amides is 1.